The van der Waals surface area contributed by atoms with Crippen molar-refractivity contribution >= 4 is 59.9 Å². The number of benzene rings is 6. The number of hydrogen-bond acceptors (Lipinski definition) is 3. The molecule has 0 spiro atoms. The Kier molecular flexibility index (Phi) is 6.93. The molecule has 0 aliphatic heterocycles. The van der Waals surface area contributed by atoms with Crippen LogP contribution in [-0.2, 0) is 11.6 Å². The van der Waals surface area contributed by atoms with Gasteiger partial charge in [-0.05, 0) is 120 Å². The number of anilines is 5. The maximum Gasteiger partial charge on any atom is 0.416 e. The average molecular weight is 655 g/mol. The highest BCUT2D eigenvalue weighted by atomic mass is 32.1. The minimum absolute atomic E-state index is 0.301. The van der Waals surface area contributed by atoms with Gasteiger partial charge in [-0.25, -0.2) is 0 Å². The molecule has 48 heavy (non-hydrogen) atoms. The summed E-state index contributed by atoms with van der Waals surface area (Å²) >= 11 is 1.83. The third-order valence-electron chi connectivity index (χ3n) is 9.75. The molecule has 1 heterocycles. The zero-order valence-electron chi connectivity index (χ0n) is 27.1. The van der Waals surface area contributed by atoms with Gasteiger partial charge >= 0.3 is 6.18 Å². The first-order chi connectivity index (χ1) is 23.0. The average Bonchev–Trinajstić information content (AvgIpc) is 3.55. The van der Waals surface area contributed by atoms with Gasteiger partial charge in [-0.15, -0.1) is 11.3 Å². The van der Waals surface area contributed by atoms with Gasteiger partial charge in [0.15, 0.2) is 0 Å². The van der Waals surface area contributed by atoms with E-state index in [-0.39, 0.29) is 5.41 Å². The fourth-order valence-electron chi connectivity index (χ4n) is 7.13. The lowest BCUT2D eigenvalue weighted by Crippen LogP contribution is -2.17. The van der Waals surface area contributed by atoms with Crippen LogP contribution in [0.3, 0.4) is 0 Å². The molecular weight excluding hydrogens is 622 g/mol. The first kappa shape index (κ1) is 30.3. The lowest BCUT2D eigenvalue weighted by atomic mass is 9.82. The third kappa shape index (κ3) is 4.94. The fourth-order valence-corrected chi connectivity index (χ4v) is 8.19. The highest BCUT2D eigenvalue weighted by Gasteiger charge is 2.37. The predicted molar refractivity (Wildman–Crippen MR) is 196 cm³/mol. The molecule has 1 aliphatic rings. The largest absolute Gasteiger partial charge is 0.416 e. The number of fused-ring (bicyclic) bond motifs is 6. The van der Waals surface area contributed by atoms with Crippen molar-refractivity contribution in [2.45, 2.75) is 32.4 Å². The van der Waals surface area contributed by atoms with Gasteiger partial charge in [0.05, 0.1) is 5.56 Å². The molecule has 0 saturated heterocycles. The molecule has 8 rings (SSSR count). The van der Waals surface area contributed by atoms with Gasteiger partial charge in [0.25, 0.3) is 0 Å². The molecule has 6 heteroatoms. The van der Waals surface area contributed by atoms with E-state index >= 15 is 0 Å². The Morgan fingerprint density at radius 3 is 1.77 bits per heavy atom. The number of para-hydroxylation sites is 1. The maximum absolute atomic E-state index is 13.2. The van der Waals surface area contributed by atoms with Crippen molar-refractivity contribution in [3.63, 3.8) is 0 Å². The van der Waals surface area contributed by atoms with E-state index in [4.69, 9.17) is 0 Å². The number of halogens is 3. The summed E-state index contributed by atoms with van der Waals surface area (Å²) in [5, 5.41) is 2.54. The van der Waals surface area contributed by atoms with Crippen molar-refractivity contribution in [1.29, 1.82) is 0 Å². The summed E-state index contributed by atoms with van der Waals surface area (Å²) in [5.74, 6) is 0. The summed E-state index contributed by atoms with van der Waals surface area (Å²) in [7, 11) is 1.89. The van der Waals surface area contributed by atoms with Crippen LogP contribution in [-0.4, -0.2) is 7.05 Å². The van der Waals surface area contributed by atoms with Crippen LogP contribution >= 0.6 is 11.3 Å². The fraction of sp³-hybridized carbons (Fsp3) is 0.143. The van der Waals surface area contributed by atoms with Crippen LogP contribution in [0.25, 0.3) is 31.3 Å². The van der Waals surface area contributed by atoms with Crippen molar-refractivity contribution < 1.29 is 13.2 Å². The van der Waals surface area contributed by atoms with Gasteiger partial charge in [-0.3, -0.25) is 0 Å². The van der Waals surface area contributed by atoms with Crippen LogP contribution in [0, 0.1) is 6.92 Å². The van der Waals surface area contributed by atoms with Crippen LogP contribution in [0.15, 0.2) is 127 Å². The number of nitrogens with zero attached hydrogens (tertiary/aromatic N) is 2. The first-order valence-corrected chi connectivity index (χ1v) is 16.8. The summed E-state index contributed by atoms with van der Waals surface area (Å²) in [6, 6.07) is 42.4. The molecule has 0 saturated carbocycles. The smallest absolute Gasteiger partial charge is 0.345 e. The zero-order chi connectivity index (χ0) is 33.4. The molecule has 0 fully saturated rings. The van der Waals surface area contributed by atoms with Crippen molar-refractivity contribution in [3.05, 3.63) is 150 Å². The third-order valence-corrected chi connectivity index (χ3v) is 10.9. The Balaban J connectivity index is 1.20. The standard InChI is InChI=1S/C42H33F3N2S/c1-26-10-20-39-35(22-26)36-23-31(17-21-40(36)48-39)47(29-8-6-5-7-9-29)32-16-19-34-33-18-15-30(24-37(33)41(2,3)38(34)25-32)46(4)28-13-11-27(12-14-28)42(43,44)45/h5-25H,1-4H3. The molecule has 2 nitrogen and oxygen atoms in total. The quantitative estimate of drug-likeness (QED) is 0.182. The van der Waals surface area contributed by atoms with Crippen molar-refractivity contribution in [2.75, 3.05) is 16.8 Å². The van der Waals surface area contributed by atoms with Gasteiger partial charge in [-0.1, -0.05) is 55.8 Å². The highest BCUT2D eigenvalue weighted by Crippen LogP contribution is 2.52. The van der Waals surface area contributed by atoms with E-state index in [1.807, 2.05) is 35.4 Å². The normalized spacial score (nSPS) is 13.5. The second kappa shape index (κ2) is 11.0. The van der Waals surface area contributed by atoms with Crippen molar-refractivity contribution in [3.8, 4) is 11.1 Å². The van der Waals surface area contributed by atoms with E-state index in [9.17, 15) is 13.2 Å². The lowest BCUT2D eigenvalue weighted by Gasteiger charge is -2.28. The lowest BCUT2D eigenvalue weighted by molar-refractivity contribution is -0.137. The van der Waals surface area contributed by atoms with Crippen LogP contribution < -0.4 is 9.80 Å². The molecule has 7 aromatic rings. The minimum atomic E-state index is -4.36. The van der Waals surface area contributed by atoms with E-state index < -0.39 is 11.7 Å². The van der Waals surface area contributed by atoms with Crippen LogP contribution in [0.1, 0.15) is 36.1 Å². The number of rotatable bonds is 5. The summed E-state index contributed by atoms with van der Waals surface area (Å²) in [6.45, 7) is 6.65. The monoisotopic (exact) mass is 654 g/mol. The van der Waals surface area contributed by atoms with Crippen LogP contribution in [0.2, 0.25) is 0 Å². The Labute approximate surface area is 282 Å². The summed E-state index contributed by atoms with van der Waals surface area (Å²) in [5.41, 5.74) is 10.00. The molecule has 238 valence electrons. The SMILES string of the molecule is Cc1ccc2sc3ccc(N(c4ccccc4)c4ccc5c(c4)C(C)(C)c4cc(N(C)c6ccc(C(F)(F)F)cc6)ccc4-5)cc3c2c1. The summed E-state index contributed by atoms with van der Waals surface area (Å²) in [6.07, 6.45) is -4.36. The number of hydrogen-bond donors (Lipinski definition) is 0. The zero-order valence-corrected chi connectivity index (χ0v) is 27.9. The van der Waals surface area contributed by atoms with Crippen molar-refractivity contribution in [1.82, 2.24) is 0 Å². The van der Waals surface area contributed by atoms with Crippen LogP contribution in [0.5, 0.6) is 0 Å². The van der Waals surface area contributed by atoms with Gasteiger partial charge in [0.2, 0.25) is 0 Å². The number of thiophene rings is 1. The Morgan fingerprint density at radius 1 is 0.562 bits per heavy atom. The summed E-state index contributed by atoms with van der Waals surface area (Å²) in [4.78, 5) is 4.27. The van der Waals surface area contributed by atoms with Gasteiger partial charge < -0.3 is 9.80 Å². The molecule has 1 aliphatic carbocycles. The molecule has 0 N–H and O–H groups in total. The molecule has 6 aromatic carbocycles. The summed E-state index contributed by atoms with van der Waals surface area (Å²) < 4.78 is 42.1. The first-order valence-electron chi connectivity index (χ1n) is 16.0. The van der Waals surface area contributed by atoms with E-state index in [2.05, 4.69) is 117 Å². The molecule has 0 radical (unpaired) electrons. The second-order valence-corrected chi connectivity index (χ2v) is 14.2. The molecule has 0 bridgehead atoms. The van der Waals surface area contributed by atoms with E-state index in [1.54, 1.807) is 0 Å². The molecular formula is C42H33F3N2S. The Hall–Kier alpha value is -5.07. The van der Waals surface area contributed by atoms with Gasteiger partial charge in [0, 0.05) is 61.1 Å². The molecule has 0 amide bonds. The van der Waals surface area contributed by atoms with Crippen molar-refractivity contribution in [2.24, 2.45) is 0 Å². The molecule has 0 atom stereocenters. The van der Waals surface area contributed by atoms with Gasteiger partial charge in [-0.2, -0.15) is 13.2 Å². The predicted octanol–water partition coefficient (Wildman–Crippen LogP) is 12.9. The maximum atomic E-state index is 13.2. The second-order valence-electron chi connectivity index (χ2n) is 13.1. The van der Waals surface area contributed by atoms with Crippen LogP contribution in [0.4, 0.5) is 41.6 Å². The van der Waals surface area contributed by atoms with Gasteiger partial charge in [0.1, 0.15) is 0 Å². The Bertz CT molecular complexity index is 2340. The molecule has 0 unspecified atom stereocenters. The Morgan fingerprint density at radius 2 is 1.10 bits per heavy atom. The van der Waals surface area contributed by atoms with E-state index in [1.165, 1.54) is 60.1 Å². The molecule has 1 aromatic heterocycles. The van der Waals surface area contributed by atoms with E-state index in [0.29, 0.717) is 5.69 Å². The van der Waals surface area contributed by atoms with E-state index in [0.717, 1.165) is 34.9 Å². The number of aryl methyl sites for hydroxylation is 1. The topological polar surface area (TPSA) is 6.48 Å². The highest BCUT2D eigenvalue weighted by molar-refractivity contribution is 7.25. The minimum Gasteiger partial charge on any atom is -0.345 e. The number of alkyl halides is 3.